The molecule has 1 saturated carbocycles. The second-order valence-electron chi connectivity index (χ2n) is 7.78. The van der Waals surface area contributed by atoms with Gasteiger partial charge in [-0.15, -0.1) is 0 Å². The molecule has 2 N–H and O–H groups in total. The Hall–Kier alpha value is -1.99. The molecule has 4 rings (SSSR count). The van der Waals surface area contributed by atoms with E-state index in [1.165, 1.54) is 12.6 Å². The van der Waals surface area contributed by atoms with E-state index < -0.39 is 5.91 Å². The van der Waals surface area contributed by atoms with Crippen LogP contribution in [0, 0.1) is 0 Å². The molecule has 3 aliphatic rings. The third kappa shape index (κ3) is 2.70. The van der Waals surface area contributed by atoms with E-state index in [0.29, 0.717) is 11.6 Å². The van der Waals surface area contributed by atoms with Crippen molar-refractivity contribution in [3.8, 4) is 0 Å². The van der Waals surface area contributed by atoms with Crippen LogP contribution < -0.4 is 5.48 Å². The van der Waals surface area contributed by atoms with E-state index in [9.17, 15) is 9.59 Å². The van der Waals surface area contributed by atoms with Crippen LogP contribution in [-0.2, 0) is 17.8 Å². The van der Waals surface area contributed by atoms with E-state index in [-0.39, 0.29) is 11.4 Å². The topological polar surface area (TPSA) is 85.8 Å². The molecule has 7 nitrogen and oxygen atoms in total. The first-order valence-electron chi connectivity index (χ1n) is 9.49. The summed E-state index contributed by atoms with van der Waals surface area (Å²) in [5.41, 5.74) is 4.13. The van der Waals surface area contributed by atoms with Gasteiger partial charge in [0.2, 0.25) is 5.91 Å². The van der Waals surface area contributed by atoms with Gasteiger partial charge in [-0.25, -0.2) is 5.48 Å². The number of hydroxylamine groups is 1. The first-order valence-corrected chi connectivity index (χ1v) is 9.49. The normalized spacial score (nSPS) is 28.4. The van der Waals surface area contributed by atoms with Crippen LogP contribution in [0.25, 0.3) is 0 Å². The van der Waals surface area contributed by atoms with E-state index in [2.05, 4.69) is 14.8 Å². The van der Waals surface area contributed by atoms with Crippen LogP contribution in [0.4, 0.5) is 0 Å². The average Bonchev–Trinajstić information content (AvgIpc) is 2.66. The number of hydrogen-bond donors (Lipinski definition) is 2. The number of amides is 2. The van der Waals surface area contributed by atoms with Crippen molar-refractivity contribution in [3.05, 3.63) is 29.1 Å². The molecular formula is C19H26N4O3. The van der Waals surface area contributed by atoms with Gasteiger partial charge in [0.25, 0.3) is 5.91 Å². The minimum atomic E-state index is -0.528. The minimum absolute atomic E-state index is 0.0122. The molecule has 140 valence electrons. The van der Waals surface area contributed by atoms with Crippen LogP contribution in [0.5, 0.6) is 0 Å². The molecule has 0 radical (unpaired) electrons. The Morgan fingerprint density at radius 1 is 1.31 bits per heavy atom. The van der Waals surface area contributed by atoms with Crippen molar-refractivity contribution in [3.63, 3.8) is 0 Å². The summed E-state index contributed by atoms with van der Waals surface area (Å²) in [5, 5.41) is 8.79. The number of nitrogens with zero attached hydrogens (tertiary/aromatic N) is 3. The quantitative estimate of drug-likeness (QED) is 0.618. The van der Waals surface area contributed by atoms with E-state index >= 15 is 0 Å². The fraction of sp³-hybridized carbons (Fsp3) is 0.632. The van der Waals surface area contributed by atoms with Gasteiger partial charge in [0.05, 0.1) is 16.8 Å². The number of nitrogens with one attached hydrogen (secondary N) is 1. The molecule has 2 fully saturated rings. The lowest BCUT2D eigenvalue weighted by atomic mass is 9.64. The third-order valence-corrected chi connectivity index (χ3v) is 6.52. The molecule has 2 amide bonds. The van der Waals surface area contributed by atoms with Gasteiger partial charge in [-0.1, -0.05) is 0 Å². The fourth-order valence-electron chi connectivity index (χ4n) is 5.15. The summed E-state index contributed by atoms with van der Waals surface area (Å²) in [4.78, 5) is 32.9. The van der Waals surface area contributed by atoms with Gasteiger partial charge in [-0.05, 0) is 50.2 Å². The van der Waals surface area contributed by atoms with Gasteiger partial charge in [0.15, 0.2) is 0 Å². The molecule has 7 heteroatoms. The van der Waals surface area contributed by atoms with Crippen molar-refractivity contribution in [2.75, 3.05) is 13.1 Å². The molecule has 0 bridgehead atoms. The predicted molar refractivity (Wildman–Crippen MR) is 94.6 cm³/mol. The van der Waals surface area contributed by atoms with Gasteiger partial charge in [-0.3, -0.25) is 24.7 Å². The van der Waals surface area contributed by atoms with Crippen molar-refractivity contribution >= 4 is 11.8 Å². The zero-order valence-electron chi connectivity index (χ0n) is 15.2. The molecule has 0 unspecified atom stereocenters. The molecule has 1 saturated heterocycles. The van der Waals surface area contributed by atoms with Crippen LogP contribution >= 0.6 is 0 Å². The average molecular weight is 358 g/mol. The molecule has 1 aromatic rings. The highest BCUT2D eigenvalue weighted by Gasteiger charge is 2.55. The smallest absolute Gasteiger partial charge is 0.276 e. The summed E-state index contributed by atoms with van der Waals surface area (Å²) in [7, 11) is 0. The summed E-state index contributed by atoms with van der Waals surface area (Å²) >= 11 is 0. The monoisotopic (exact) mass is 358 g/mol. The Morgan fingerprint density at radius 2 is 2.15 bits per heavy atom. The summed E-state index contributed by atoms with van der Waals surface area (Å²) in [6, 6.07) is 2.23. The zero-order valence-corrected chi connectivity index (χ0v) is 15.2. The maximum absolute atomic E-state index is 12.2. The van der Waals surface area contributed by atoms with Crippen LogP contribution in [-0.4, -0.2) is 56.5 Å². The summed E-state index contributed by atoms with van der Waals surface area (Å²) < 4.78 is 0. The molecule has 1 aromatic heterocycles. The van der Waals surface area contributed by atoms with E-state index in [1.54, 1.807) is 12.4 Å². The lowest BCUT2D eigenvalue weighted by Crippen LogP contribution is -2.71. The SMILES string of the molecule is CC(=O)N1CCCC[C@@]12CC[C@@H]2N1CCc2cc(C(=O)NO)cnc2C1. The van der Waals surface area contributed by atoms with Crippen molar-refractivity contribution in [2.24, 2.45) is 0 Å². The minimum Gasteiger partial charge on any atom is -0.336 e. The number of likely N-dealkylation sites (tertiary alicyclic amines) is 1. The molecule has 26 heavy (non-hydrogen) atoms. The van der Waals surface area contributed by atoms with Gasteiger partial charge < -0.3 is 4.90 Å². The maximum Gasteiger partial charge on any atom is 0.276 e. The molecule has 3 heterocycles. The van der Waals surface area contributed by atoms with E-state index in [0.717, 1.165) is 63.0 Å². The van der Waals surface area contributed by atoms with Crippen molar-refractivity contribution in [1.82, 2.24) is 20.3 Å². The summed E-state index contributed by atoms with van der Waals surface area (Å²) in [6.45, 7) is 4.25. The molecule has 0 aromatic carbocycles. The van der Waals surface area contributed by atoms with Crippen LogP contribution in [0.15, 0.2) is 12.3 Å². The highest BCUT2D eigenvalue weighted by Crippen LogP contribution is 2.48. The lowest BCUT2D eigenvalue weighted by Gasteiger charge is -2.61. The third-order valence-electron chi connectivity index (χ3n) is 6.52. The van der Waals surface area contributed by atoms with Gasteiger partial charge in [0, 0.05) is 38.8 Å². The second-order valence-corrected chi connectivity index (χ2v) is 7.78. The molecule has 2 atom stereocenters. The highest BCUT2D eigenvalue weighted by atomic mass is 16.5. The van der Waals surface area contributed by atoms with Gasteiger partial charge >= 0.3 is 0 Å². The number of carbonyl (C=O) groups excluding carboxylic acids is 2. The summed E-state index contributed by atoms with van der Waals surface area (Å²) in [5.74, 6) is -0.329. The molecular weight excluding hydrogens is 332 g/mol. The fourth-order valence-corrected chi connectivity index (χ4v) is 5.15. The van der Waals surface area contributed by atoms with Crippen molar-refractivity contribution in [1.29, 1.82) is 0 Å². The van der Waals surface area contributed by atoms with Gasteiger partial charge in [0.1, 0.15) is 0 Å². The number of carbonyl (C=O) groups is 2. The Kier molecular flexibility index (Phi) is 4.44. The predicted octanol–water partition coefficient (Wildman–Crippen LogP) is 1.49. The van der Waals surface area contributed by atoms with Crippen molar-refractivity contribution < 1.29 is 14.8 Å². The standard InChI is InChI=1S/C19H26N4O3/c1-13(24)23-8-3-2-6-19(23)7-4-17(19)22-9-5-14-10-15(18(25)21-26)11-20-16(14)12-22/h10-11,17,26H,2-9,12H2,1H3,(H,21,25)/t17-,19-/m0/s1. The Morgan fingerprint density at radius 3 is 2.85 bits per heavy atom. The zero-order chi connectivity index (χ0) is 18.3. The molecule has 2 aliphatic heterocycles. The number of pyridine rings is 1. The first-order chi connectivity index (χ1) is 12.5. The van der Waals surface area contributed by atoms with Crippen molar-refractivity contribution in [2.45, 2.75) is 63.6 Å². The highest BCUT2D eigenvalue weighted by molar-refractivity contribution is 5.93. The number of piperidine rings is 1. The number of fused-ring (bicyclic) bond motifs is 1. The van der Waals surface area contributed by atoms with E-state index in [4.69, 9.17) is 5.21 Å². The largest absolute Gasteiger partial charge is 0.336 e. The first kappa shape index (κ1) is 17.4. The number of rotatable bonds is 2. The Bertz CT molecular complexity index is 737. The second kappa shape index (κ2) is 6.63. The molecule has 1 aliphatic carbocycles. The Labute approximate surface area is 153 Å². The van der Waals surface area contributed by atoms with Crippen LogP contribution in [0.2, 0.25) is 0 Å². The number of hydrogen-bond acceptors (Lipinski definition) is 5. The summed E-state index contributed by atoms with van der Waals surface area (Å²) in [6.07, 6.45) is 7.99. The van der Waals surface area contributed by atoms with E-state index in [1.807, 2.05) is 6.07 Å². The number of aromatic nitrogens is 1. The molecule has 1 spiro atoms. The Balaban J connectivity index is 1.54. The van der Waals surface area contributed by atoms with Crippen LogP contribution in [0.1, 0.15) is 60.6 Å². The van der Waals surface area contributed by atoms with Crippen LogP contribution in [0.3, 0.4) is 0 Å². The maximum atomic E-state index is 12.2. The van der Waals surface area contributed by atoms with Gasteiger partial charge in [-0.2, -0.15) is 0 Å². The lowest BCUT2D eigenvalue weighted by molar-refractivity contribution is -0.153.